The number of nitrogens with zero attached hydrogens (tertiary/aromatic N) is 1. The molecule has 0 bridgehead atoms. The van der Waals surface area contributed by atoms with Gasteiger partial charge in [0.25, 0.3) is 0 Å². The Balaban J connectivity index is 2.04. The third-order valence-corrected chi connectivity index (χ3v) is 7.17. The molecule has 2 aliphatic rings. The minimum absolute atomic E-state index is 0.0633. The maximum atomic E-state index is 13.4. The third-order valence-electron chi connectivity index (χ3n) is 7.17. The maximum absolute atomic E-state index is 13.4. The number of carbonyl (C=O) groups excluding carboxylic acids is 2. The molecule has 9 nitrogen and oxygen atoms in total. The fourth-order valence-electron chi connectivity index (χ4n) is 5.16. The highest BCUT2D eigenvalue weighted by Crippen LogP contribution is 2.51. The zero-order valence-corrected chi connectivity index (χ0v) is 22.7. The fraction of sp³-hybridized carbons (Fsp3) is 0.586. The SMILES string of the molecule is C=CCCCCC(=O)N(CCC(C)C)C1C=C(C(=O)NCCO)C2c3cc(CO)cc(OC)c3OC2C1O. The topological polar surface area (TPSA) is 129 Å². The van der Waals surface area contributed by atoms with Crippen LogP contribution in [0.4, 0.5) is 0 Å². The molecule has 38 heavy (non-hydrogen) atoms. The molecule has 0 saturated heterocycles. The van der Waals surface area contributed by atoms with Gasteiger partial charge in [0, 0.05) is 30.6 Å². The summed E-state index contributed by atoms with van der Waals surface area (Å²) >= 11 is 0. The van der Waals surface area contributed by atoms with Crippen LogP contribution in [0.2, 0.25) is 0 Å². The number of aliphatic hydroxyl groups excluding tert-OH is 3. The molecule has 0 radical (unpaired) electrons. The second-order valence-corrected chi connectivity index (χ2v) is 10.3. The number of ether oxygens (including phenoxy) is 2. The normalized spacial score (nSPS) is 21.7. The minimum atomic E-state index is -1.10. The number of hydrogen-bond donors (Lipinski definition) is 4. The summed E-state index contributed by atoms with van der Waals surface area (Å²) in [6, 6.07) is 2.65. The summed E-state index contributed by atoms with van der Waals surface area (Å²) in [5, 5.41) is 33.4. The van der Waals surface area contributed by atoms with Crippen molar-refractivity contribution in [3.8, 4) is 11.5 Å². The number of amides is 2. The first-order valence-corrected chi connectivity index (χ1v) is 13.4. The Kier molecular flexibility index (Phi) is 10.8. The van der Waals surface area contributed by atoms with E-state index in [9.17, 15) is 24.9 Å². The molecule has 1 aliphatic carbocycles. The number of methoxy groups -OCH3 is 1. The average Bonchev–Trinajstić information content (AvgIpc) is 3.30. The molecule has 1 aromatic rings. The smallest absolute Gasteiger partial charge is 0.247 e. The number of allylic oxidation sites excluding steroid dienone is 1. The van der Waals surface area contributed by atoms with Crippen molar-refractivity contribution in [2.24, 2.45) is 5.92 Å². The Bertz CT molecular complexity index is 1020. The van der Waals surface area contributed by atoms with Gasteiger partial charge in [-0.15, -0.1) is 6.58 Å². The molecule has 4 unspecified atom stereocenters. The Labute approximate surface area is 225 Å². The summed E-state index contributed by atoms with van der Waals surface area (Å²) in [5.41, 5.74) is 1.57. The molecule has 0 saturated carbocycles. The Morgan fingerprint density at radius 3 is 2.66 bits per heavy atom. The molecule has 0 spiro atoms. The van der Waals surface area contributed by atoms with E-state index in [2.05, 4.69) is 25.7 Å². The zero-order chi connectivity index (χ0) is 27.8. The van der Waals surface area contributed by atoms with Crippen LogP contribution in [-0.4, -0.2) is 77.1 Å². The summed E-state index contributed by atoms with van der Waals surface area (Å²) in [6.07, 6.45) is 5.02. The van der Waals surface area contributed by atoms with Gasteiger partial charge < -0.3 is 35.0 Å². The van der Waals surface area contributed by atoms with Crippen LogP contribution < -0.4 is 14.8 Å². The Morgan fingerprint density at radius 2 is 2.03 bits per heavy atom. The van der Waals surface area contributed by atoms with E-state index in [1.807, 2.05) is 6.08 Å². The molecule has 1 heterocycles. The number of fused-ring (bicyclic) bond motifs is 3. The first-order chi connectivity index (χ1) is 18.3. The highest BCUT2D eigenvalue weighted by atomic mass is 16.5. The van der Waals surface area contributed by atoms with Gasteiger partial charge in [-0.1, -0.05) is 19.9 Å². The number of benzene rings is 1. The van der Waals surface area contributed by atoms with Crippen LogP contribution >= 0.6 is 0 Å². The maximum Gasteiger partial charge on any atom is 0.247 e. The van der Waals surface area contributed by atoms with Crippen molar-refractivity contribution in [1.82, 2.24) is 10.2 Å². The first kappa shape index (κ1) is 29.7. The monoisotopic (exact) mass is 530 g/mol. The van der Waals surface area contributed by atoms with Gasteiger partial charge in [0.15, 0.2) is 11.5 Å². The van der Waals surface area contributed by atoms with E-state index in [0.717, 1.165) is 19.3 Å². The van der Waals surface area contributed by atoms with Crippen LogP contribution in [0, 0.1) is 5.92 Å². The lowest BCUT2D eigenvalue weighted by molar-refractivity contribution is -0.137. The number of aliphatic hydroxyl groups is 3. The molecule has 4 atom stereocenters. The van der Waals surface area contributed by atoms with Crippen LogP contribution in [0.1, 0.15) is 63.0 Å². The minimum Gasteiger partial charge on any atom is -0.493 e. The second kappa shape index (κ2) is 13.8. The largest absolute Gasteiger partial charge is 0.493 e. The highest BCUT2D eigenvalue weighted by molar-refractivity contribution is 5.96. The zero-order valence-electron chi connectivity index (χ0n) is 22.7. The molecule has 4 N–H and O–H groups in total. The molecule has 0 fully saturated rings. The van der Waals surface area contributed by atoms with Gasteiger partial charge in [-0.2, -0.15) is 0 Å². The fourth-order valence-corrected chi connectivity index (χ4v) is 5.16. The van der Waals surface area contributed by atoms with Crippen LogP contribution in [0.15, 0.2) is 36.4 Å². The van der Waals surface area contributed by atoms with Crippen molar-refractivity contribution in [2.45, 2.75) is 76.7 Å². The molecular formula is C29H42N2O7. The second-order valence-electron chi connectivity index (χ2n) is 10.3. The van der Waals surface area contributed by atoms with Gasteiger partial charge in [0.05, 0.1) is 32.3 Å². The summed E-state index contributed by atoms with van der Waals surface area (Å²) in [4.78, 5) is 28.5. The van der Waals surface area contributed by atoms with E-state index in [1.165, 1.54) is 7.11 Å². The first-order valence-electron chi connectivity index (χ1n) is 13.4. The number of carbonyl (C=O) groups is 2. The van der Waals surface area contributed by atoms with Crippen LogP contribution in [0.25, 0.3) is 0 Å². The molecule has 9 heteroatoms. The Hall–Kier alpha value is -2.88. The van der Waals surface area contributed by atoms with E-state index in [4.69, 9.17) is 9.47 Å². The molecule has 3 rings (SSSR count). The standard InChI is InChI=1S/C29H42N2O7/c1-5-6-7-8-9-24(34)31(12-10-18(2)3)22-16-21(29(36)30-11-13-32)25-20-14-19(17-33)15-23(37-4)27(20)38-28(25)26(22)35/h5,14-16,18,22,25-26,28,32-33,35H,1,6-13,17H2,2-4H3,(H,30,36). The van der Waals surface area contributed by atoms with Crippen LogP contribution in [0.5, 0.6) is 11.5 Å². The highest BCUT2D eigenvalue weighted by Gasteiger charge is 2.51. The van der Waals surface area contributed by atoms with E-state index in [-0.39, 0.29) is 25.7 Å². The predicted octanol–water partition coefficient (Wildman–Crippen LogP) is 2.43. The van der Waals surface area contributed by atoms with Crippen molar-refractivity contribution in [3.05, 3.63) is 47.6 Å². The molecule has 0 aromatic heterocycles. The third kappa shape index (κ3) is 6.57. The molecule has 210 valence electrons. The lowest BCUT2D eigenvalue weighted by Crippen LogP contribution is -2.56. The lowest BCUT2D eigenvalue weighted by Gasteiger charge is -2.41. The van der Waals surface area contributed by atoms with Crippen LogP contribution in [0.3, 0.4) is 0 Å². The number of rotatable bonds is 14. The number of hydrogen-bond acceptors (Lipinski definition) is 7. The molecular weight excluding hydrogens is 488 g/mol. The lowest BCUT2D eigenvalue weighted by atomic mass is 9.77. The van der Waals surface area contributed by atoms with Gasteiger partial charge in [-0.25, -0.2) is 0 Å². The summed E-state index contributed by atoms with van der Waals surface area (Å²) < 4.78 is 11.8. The van der Waals surface area contributed by atoms with Crippen molar-refractivity contribution in [2.75, 3.05) is 26.8 Å². The van der Waals surface area contributed by atoms with Gasteiger partial charge in [0.2, 0.25) is 11.8 Å². The molecule has 1 aromatic carbocycles. The van der Waals surface area contributed by atoms with Crippen molar-refractivity contribution in [3.63, 3.8) is 0 Å². The summed E-state index contributed by atoms with van der Waals surface area (Å²) in [6.45, 7) is 7.93. The van der Waals surface area contributed by atoms with Crippen molar-refractivity contribution < 1.29 is 34.4 Å². The van der Waals surface area contributed by atoms with Gasteiger partial charge in [-0.3, -0.25) is 9.59 Å². The van der Waals surface area contributed by atoms with Gasteiger partial charge >= 0.3 is 0 Å². The van der Waals surface area contributed by atoms with Crippen LogP contribution in [-0.2, 0) is 16.2 Å². The van der Waals surface area contributed by atoms with Gasteiger partial charge in [-0.05, 0) is 55.4 Å². The van der Waals surface area contributed by atoms with E-state index in [0.29, 0.717) is 53.5 Å². The summed E-state index contributed by atoms with van der Waals surface area (Å²) in [7, 11) is 1.49. The van der Waals surface area contributed by atoms with E-state index < -0.39 is 30.1 Å². The summed E-state index contributed by atoms with van der Waals surface area (Å²) in [5.74, 6) is 0.0192. The predicted molar refractivity (Wildman–Crippen MR) is 144 cm³/mol. The average molecular weight is 531 g/mol. The van der Waals surface area contributed by atoms with E-state index in [1.54, 1.807) is 23.1 Å². The van der Waals surface area contributed by atoms with Crippen molar-refractivity contribution in [1.29, 1.82) is 0 Å². The number of nitrogens with one attached hydrogen (secondary N) is 1. The molecule has 2 amide bonds. The van der Waals surface area contributed by atoms with E-state index >= 15 is 0 Å². The Morgan fingerprint density at radius 1 is 1.26 bits per heavy atom. The quantitative estimate of drug-likeness (QED) is 0.215. The molecule has 1 aliphatic heterocycles. The van der Waals surface area contributed by atoms with Gasteiger partial charge in [0.1, 0.15) is 12.2 Å². The van der Waals surface area contributed by atoms with Crippen molar-refractivity contribution >= 4 is 11.8 Å². The number of unbranched alkanes of at least 4 members (excludes halogenated alkanes) is 2.